The molecule has 2 rings (SSSR count). The molecule has 0 unspecified atom stereocenters. The van der Waals surface area contributed by atoms with Crippen molar-refractivity contribution in [3.63, 3.8) is 0 Å². The summed E-state index contributed by atoms with van der Waals surface area (Å²) in [6.45, 7) is 4.42. The van der Waals surface area contributed by atoms with Gasteiger partial charge in [0, 0.05) is 19.2 Å². The van der Waals surface area contributed by atoms with E-state index in [0.717, 1.165) is 11.5 Å². The van der Waals surface area contributed by atoms with Gasteiger partial charge in [-0.1, -0.05) is 19.9 Å². The van der Waals surface area contributed by atoms with Crippen molar-refractivity contribution in [2.45, 2.75) is 26.3 Å². The predicted molar refractivity (Wildman–Crippen MR) is 70.5 cm³/mol. The van der Waals surface area contributed by atoms with Crippen molar-refractivity contribution < 1.29 is 4.79 Å². The molecule has 0 aliphatic heterocycles. The van der Waals surface area contributed by atoms with E-state index in [-0.39, 0.29) is 17.6 Å². The first-order valence-electron chi connectivity index (χ1n) is 6.15. The predicted octanol–water partition coefficient (Wildman–Crippen LogP) is 1.60. The van der Waals surface area contributed by atoms with Gasteiger partial charge in [0.2, 0.25) is 5.82 Å². The van der Waals surface area contributed by atoms with E-state index >= 15 is 0 Å². The van der Waals surface area contributed by atoms with Gasteiger partial charge in [0.1, 0.15) is 5.82 Å². The molecule has 0 aliphatic rings. The molecular weight excluding hydrogens is 242 g/mol. The Morgan fingerprint density at radius 2 is 2.21 bits per heavy atom. The van der Waals surface area contributed by atoms with E-state index in [9.17, 15) is 4.79 Å². The van der Waals surface area contributed by atoms with Crippen LogP contribution in [0, 0.1) is 0 Å². The summed E-state index contributed by atoms with van der Waals surface area (Å²) >= 11 is 0. The highest BCUT2D eigenvalue weighted by Gasteiger charge is 2.18. The van der Waals surface area contributed by atoms with E-state index in [0.29, 0.717) is 6.54 Å². The molecule has 0 fully saturated rings. The minimum absolute atomic E-state index is 0.196. The number of carbonyl (C=O) groups excluding carboxylic acids is 1. The van der Waals surface area contributed by atoms with Crippen molar-refractivity contribution in [1.82, 2.24) is 25.1 Å². The smallest absolute Gasteiger partial charge is 0.293 e. The average Bonchev–Trinajstić information content (AvgIpc) is 2.88. The minimum atomic E-state index is -0.214. The lowest BCUT2D eigenvalue weighted by Gasteiger charge is -2.14. The lowest BCUT2D eigenvalue weighted by molar-refractivity contribution is 0.0771. The van der Waals surface area contributed by atoms with Gasteiger partial charge in [-0.05, 0) is 12.1 Å². The van der Waals surface area contributed by atoms with Gasteiger partial charge in [0.05, 0.1) is 12.2 Å². The number of carbonyl (C=O) groups is 1. The zero-order valence-corrected chi connectivity index (χ0v) is 11.3. The van der Waals surface area contributed by atoms with Crippen molar-refractivity contribution in [3.8, 4) is 0 Å². The molecule has 0 aliphatic carbocycles. The van der Waals surface area contributed by atoms with Crippen molar-refractivity contribution in [1.29, 1.82) is 0 Å². The SMILES string of the molecule is CC(C)c1nc(C(=O)N(C)Cc2ccccn2)n[nH]1. The van der Waals surface area contributed by atoms with Gasteiger partial charge in [-0.2, -0.15) is 0 Å². The van der Waals surface area contributed by atoms with Crippen LogP contribution in [0.5, 0.6) is 0 Å². The molecule has 0 saturated heterocycles. The number of nitrogens with one attached hydrogen (secondary N) is 1. The third kappa shape index (κ3) is 3.15. The van der Waals surface area contributed by atoms with Crippen LogP contribution in [0.15, 0.2) is 24.4 Å². The number of aromatic nitrogens is 4. The van der Waals surface area contributed by atoms with Crippen LogP contribution in [0.1, 0.15) is 41.9 Å². The Hall–Kier alpha value is -2.24. The lowest BCUT2D eigenvalue weighted by atomic mass is 10.2. The number of amides is 1. The van der Waals surface area contributed by atoms with Crippen molar-refractivity contribution in [2.75, 3.05) is 7.05 Å². The van der Waals surface area contributed by atoms with Crippen LogP contribution in [-0.2, 0) is 6.54 Å². The van der Waals surface area contributed by atoms with Gasteiger partial charge in [-0.3, -0.25) is 14.9 Å². The Morgan fingerprint density at radius 3 is 2.79 bits per heavy atom. The maximum absolute atomic E-state index is 12.1. The fourth-order valence-corrected chi connectivity index (χ4v) is 1.61. The summed E-state index contributed by atoms with van der Waals surface area (Å²) in [7, 11) is 1.71. The second-order valence-electron chi connectivity index (χ2n) is 4.68. The van der Waals surface area contributed by atoms with Gasteiger partial charge in [-0.15, -0.1) is 5.10 Å². The van der Waals surface area contributed by atoms with Crippen LogP contribution in [-0.4, -0.2) is 38.0 Å². The molecule has 0 saturated carbocycles. The number of pyridine rings is 1. The number of hydrogen-bond acceptors (Lipinski definition) is 4. The summed E-state index contributed by atoms with van der Waals surface area (Å²) in [5.41, 5.74) is 0.831. The van der Waals surface area contributed by atoms with Gasteiger partial charge in [0.25, 0.3) is 5.91 Å². The van der Waals surface area contributed by atoms with E-state index in [1.807, 2.05) is 32.0 Å². The largest absolute Gasteiger partial charge is 0.333 e. The third-order valence-electron chi connectivity index (χ3n) is 2.71. The molecule has 100 valence electrons. The summed E-state index contributed by atoms with van der Waals surface area (Å²) in [5.74, 6) is 0.917. The second-order valence-corrected chi connectivity index (χ2v) is 4.68. The number of H-pyrrole nitrogens is 1. The standard InChI is InChI=1S/C13H17N5O/c1-9(2)11-15-12(17-16-11)13(19)18(3)8-10-6-4-5-7-14-10/h4-7,9H,8H2,1-3H3,(H,15,16,17). The maximum atomic E-state index is 12.1. The molecule has 6 heteroatoms. The summed E-state index contributed by atoms with van der Waals surface area (Å²) in [6, 6.07) is 5.61. The van der Waals surface area contributed by atoms with E-state index in [1.165, 1.54) is 0 Å². The molecule has 0 spiro atoms. The van der Waals surface area contributed by atoms with Crippen LogP contribution >= 0.6 is 0 Å². The first-order valence-corrected chi connectivity index (χ1v) is 6.15. The normalized spacial score (nSPS) is 10.7. The van der Waals surface area contributed by atoms with E-state index in [1.54, 1.807) is 18.1 Å². The highest BCUT2D eigenvalue weighted by atomic mass is 16.2. The molecule has 2 aromatic rings. The summed E-state index contributed by atoms with van der Waals surface area (Å²) in [6.07, 6.45) is 1.71. The van der Waals surface area contributed by atoms with Gasteiger partial charge in [-0.25, -0.2) is 4.98 Å². The molecule has 19 heavy (non-hydrogen) atoms. The number of nitrogens with zero attached hydrogens (tertiary/aromatic N) is 4. The molecule has 0 atom stereocenters. The van der Waals surface area contributed by atoms with Gasteiger partial charge < -0.3 is 4.90 Å². The van der Waals surface area contributed by atoms with Crippen LogP contribution in [0.4, 0.5) is 0 Å². The van der Waals surface area contributed by atoms with E-state index < -0.39 is 0 Å². The zero-order valence-electron chi connectivity index (χ0n) is 11.3. The molecule has 2 heterocycles. The fourth-order valence-electron chi connectivity index (χ4n) is 1.61. The zero-order chi connectivity index (χ0) is 13.8. The molecule has 0 radical (unpaired) electrons. The summed E-state index contributed by atoms with van der Waals surface area (Å²) < 4.78 is 0. The second kappa shape index (κ2) is 5.60. The molecule has 2 aromatic heterocycles. The maximum Gasteiger partial charge on any atom is 0.293 e. The lowest BCUT2D eigenvalue weighted by Crippen LogP contribution is -2.27. The Balaban J connectivity index is 2.06. The molecule has 0 aromatic carbocycles. The Labute approximate surface area is 111 Å². The first kappa shape index (κ1) is 13.2. The molecule has 1 amide bonds. The number of hydrogen-bond donors (Lipinski definition) is 1. The van der Waals surface area contributed by atoms with Crippen molar-refractivity contribution in [3.05, 3.63) is 41.7 Å². The van der Waals surface area contributed by atoms with E-state index in [2.05, 4.69) is 20.2 Å². The quantitative estimate of drug-likeness (QED) is 0.904. The summed E-state index contributed by atoms with van der Waals surface area (Å²) in [4.78, 5) is 22.1. The van der Waals surface area contributed by atoms with Crippen LogP contribution in [0.3, 0.4) is 0 Å². The first-order chi connectivity index (χ1) is 9.08. The van der Waals surface area contributed by atoms with Crippen molar-refractivity contribution >= 4 is 5.91 Å². The Morgan fingerprint density at radius 1 is 1.42 bits per heavy atom. The third-order valence-corrected chi connectivity index (χ3v) is 2.71. The Bertz CT molecular complexity index is 549. The van der Waals surface area contributed by atoms with Crippen LogP contribution in [0.2, 0.25) is 0 Å². The number of aromatic amines is 1. The molecule has 0 bridgehead atoms. The van der Waals surface area contributed by atoms with E-state index in [4.69, 9.17) is 0 Å². The molecule has 1 N–H and O–H groups in total. The summed E-state index contributed by atoms with van der Waals surface area (Å²) in [5, 5.41) is 6.73. The van der Waals surface area contributed by atoms with Gasteiger partial charge >= 0.3 is 0 Å². The average molecular weight is 259 g/mol. The van der Waals surface area contributed by atoms with Gasteiger partial charge in [0.15, 0.2) is 0 Å². The molecule has 6 nitrogen and oxygen atoms in total. The highest BCUT2D eigenvalue weighted by Crippen LogP contribution is 2.09. The minimum Gasteiger partial charge on any atom is -0.333 e. The van der Waals surface area contributed by atoms with Crippen LogP contribution < -0.4 is 0 Å². The van der Waals surface area contributed by atoms with Crippen molar-refractivity contribution in [2.24, 2.45) is 0 Å². The van der Waals surface area contributed by atoms with Crippen LogP contribution in [0.25, 0.3) is 0 Å². The topological polar surface area (TPSA) is 74.8 Å². The molecular formula is C13H17N5O. The monoisotopic (exact) mass is 259 g/mol. The number of rotatable bonds is 4. The Kier molecular flexibility index (Phi) is 3.89. The highest BCUT2D eigenvalue weighted by molar-refractivity contribution is 5.90. The fraction of sp³-hybridized carbons (Fsp3) is 0.385.